The van der Waals surface area contributed by atoms with Crippen molar-refractivity contribution in [2.24, 2.45) is 17.8 Å². The molecule has 4 atom stereocenters. The maximum atomic E-state index is 3.61. The molecule has 1 aliphatic carbocycles. The first-order chi connectivity index (χ1) is 9.11. The summed E-state index contributed by atoms with van der Waals surface area (Å²) in [6.07, 6.45) is 4.17. The Morgan fingerprint density at radius 1 is 1.00 bits per heavy atom. The fraction of sp³-hybridized carbons (Fsp3) is 0.667. The Bertz CT molecular complexity index is 363. The fourth-order valence-corrected chi connectivity index (χ4v) is 4.16. The molecule has 4 unspecified atom stereocenters. The zero-order chi connectivity index (χ0) is 13.8. The molecule has 1 nitrogen and oxygen atoms in total. The van der Waals surface area contributed by atoms with E-state index in [0.717, 1.165) is 17.8 Å². The number of hydrogen-bond acceptors (Lipinski definition) is 1. The second-order valence-corrected chi connectivity index (χ2v) is 6.69. The second kappa shape index (κ2) is 6.56. The van der Waals surface area contributed by atoms with E-state index in [1.54, 1.807) is 0 Å². The largest absolute Gasteiger partial charge is 0.316 e. The molecule has 0 radical (unpaired) electrons. The van der Waals surface area contributed by atoms with Crippen LogP contribution in [0.1, 0.15) is 51.5 Å². The highest BCUT2D eigenvalue weighted by atomic mass is 14.9. The van der Waals surface area contributed by atoms with Crippen LogP contribution in [0.3, 0.4) is 0 Å². The van der Waals surface area contributed by atoms with Crippen molar-refractivity contribution < 1.29 is 0 Å². The molecule has 2 rings (SSSR count). The lowest BCUT2D eigenvalue weighted by Crippen LogP contribution is -2.41. The van der Waals surface area contributed by atoms with E-state index in [1.807, 2.05) is 0 Å². The van der Waals surface area contributed by atoms with Crippen molar-refractivity contribution in [3.05, 3.63) is 35.9 Å². The van der Waals surface area contributed by atoms with Crippen molar-refractivity contribution in [3.8, 4) is 0 Å². The minimum atomic E-state index is 0.591. The third-order valence-electron chi connectivity index (χ3n) is 4.92. The zero-order valence-electron chi connectivity index (χ0n) is 12.9. The van der Waals surface area contributed by atoms with Gasteiger partial charge in [0.25, 0.3) is 0 Å². The van der Waals surface area contributed by atoms with E-state index < -0.39 is 0 Å². The van der Waals surface area contributed by atoms with Crippen molar-refractivity contribution in [3.63, 3.8) is 0 Å². The maximum absolute atomic E-state index is 3.61. The molecular weight excluding hydrogens is 230 g/mol. The van der Waals surface area contributed by atoms with Crippen LogP contribution in [-0.2, 0) is 0 Å². The monoisotopic (exact) mass is 259 g/mol. The smallest absolute Gasteiger partial charge is 0.0159 e. The molecular formula is C18H29N. The predicted octanol–water partition coefficient (Wildman–Crippen LogP) is 4.45. The quantitative estimate of drug-likeness (QED) is 0.842. The second-order valence-electron chi connectivity index (χ2n) is 6.69. The molecule has 1 fully saturated rings. The molecule has 106 valence electrons. The molecule has 1 N–H and O–H groups in total. The standard InChI is InChI=1S/C18H29N/c1-13-10-14(2)12-17(11-13)18(19-4)15(3)16-8-6-5-7-9-16/h5-9,13-15,17-19H,10-12H2,1-4H3. The Balaban J connectivity index is 2.11. The van der Waals surface area contributed by atoms with Gasteiger partial charge in [0.1, 0.15) is 0 Å². The molecule has 1 aromatic rings. The van der Waals surface area contributed by atoms with Crippen LogP contribution >= 0.6 is 0 Å². The molecule has 0 aliphatic heterocycles. The Kier molecular flexibility index (Phi) is 5.04. The molecule has 1 aromatic carbocycles. The van der Waals surface area contributed by atoms with Crippen molar-refractivity contribution in [1.82, 2.24) is 5.32 Å². The van der Waals surface area contributed by atoms with E-state index in [1.165, 1.54) is 24.8 Å². The van der Waals surface area contributed by atoms with Gasteiger partial charge in [-0.05, 0) is 55.5 Å². The lowest BCUT2D eigenvalue weighted by atomic mass is 9.70. The summed E-state index contributed by atoms with van der Waals surface area (Å²) in [5.74, 6) is 3.17. The number of benzene rings is 1. The van der Waals surface area contributed by atoms with Gasteiger partial charge in [-0.2, -0.15) is 0 Å². The van der Waals surface area contributed by atoms with Crippen LogP contribution in [0.25, 0.3) is 0 Å². The molecule has 0 amide bonds. The summed E-state index contributed by atoms with van der Waals surface area (Å²) in [4.78, 5) is 0. The third kappa shape index (κ3) is 3.60. The summed E-state index contributed by atoms with van der Waals surface area (Å²) in [6.45, 7) is 7.21. The maximum Gasteiger partial charge on any atom is 0.0159 e. The molecule has 0 spiro atoms. The van der Waals surface area contributed by atoms with E-state index in [2.05, 4.69) is 63.5 Å². The number of rotatable bonds is 4. The van der Waals surface area contributed by atoms with Gasteiger partial charge in [0.05, 0.1) is 0 Å². The molecule has 1 saturated carbocycles. The first kappa shape index (κ1) is 14.6. The summed E-state index contributed by atoms with van der Waals surface area (Å²) in [5, 5.41) is 3.61. The molecule has 19 heavy (non-hydrogen) atoms. The third-order valence-corrected chi connectivity index (χ3v) is 4.92. The van der Waals surface area contributed by atoms with Gasteiger partial charge in [-0.15, -0.1) is 0 Å². The van der Waals surface area contributed by atoms with Crippen molar-refractivity contribution >= 4 is 0 Å². The summed E-state index contributed by atoms with van der Waals surface area (Å²) >= 11 is 0. The summed E-state index contributed by atoms with van der Waals surface area (Å²) in [5.41, 5.74) is 1.47. The summed E-state index contributed by atoms with van der Waals surface area (Å²) < 4.78 is 0. The lowest BCUT2D eigenvalue weighted by Gasteiger charge is -2.39. The van der Waals surface area contributed by atoms with Gasteiger partial charge in [0.2, 0.25) is 0 Å². The van der Waals surface area contributed by atoms with Crippen LogP contribution in [0.2, 0.25) is 0 Å². The van der Waals surface area contributed by atoms with Gasteiger partial charge in [-0.3, -0.25) is 0 Å². The topological polar surface area (TPSA) is 12.0 Å². The molecule has 1 aliphatic rings. The average Bonchev–Trinajstić information content (AvgIpc) is 2.39. The Morgan fingerprint density at radius 2 is 1.58 bits per heavy atom. The highest BCUT2D eigenvalue weighted by Gasteiger charge is 2.32. The van der Waals surface area contributed by atoms with Gasteiger partial charge in [0, 0.05) is 6.04 Å². The van der Waals surface area contributed by atoms with Crippen LogP contribution in [0.4, 0.5) is 0 Å². The molecule has 0 saturated heterocycles. The van der Waals surface area contributed by atoms with Crippen LogP contribution in [0.5, 0.6) is 0 Å². The molecule has 0 bridgehead atoms. The highest BCUT2D eigenvalue weighted by molar-refractivity contribution is 5.21. The lowest BCUT2D eigenvalue weighted by molar-refractivity contribution is 0.168. The minimum Gasteiger partial charge on any atom is -0.316 e. The fourth-order valence-electron chi connectivity index (χ4n) is 4.16. The van der Waals surface area contributed by atoms with Crippen LogP contribution in [0.15, 0.2) is 30.3 Å². The average molecular weight is 259 g/mol. The Hall–Kier alpha value is -0.820. The van der Waals surface area contributed by atoms with Gasteiger partial charge < -0.3 is 5.32 Å². The predicted molar refractivity (Wildman–Crippen MR) is 83.4 cm³/mol. The van der Waals surface area contributed by atoms with Crippen LogP contribution in [-0.4, -0.2) is 13.1 Å². The van der Waals surface area contributed by atoms with Crippen molar-refractivity contribution in [2.75, 3.05) is 7.05 Å². The van der Waals surface area contributed by atoms with Gasteiger partial charge in [0.15, 0.2) is 0 Å². The molecule has 0 heterocycles. The van der Waals surface area contributed by atoms with E-state index in [-0.39, 0.29) is 0 Å². The molecule has 1 heteroatoms. The highest BCUT2D eigenvalue weighted by Crippen LogP contribution is 2.38. The first-order valence-electron chi connectivity index (χ1n) is 7.84. The van der Waals surface area contributed by atoms with E-state index in [0.29, 0.717) is 12.0 Å². The van der Waals surface area contributed by atoms with Crippen LogP contribution in [0, 0.1) is 17.8 Å². The Morgan fingerprint density at radius 3 is 2.11 bits per heavy atom. The van der Waals surface area contributed by atoms with Gasteiger partial charge in [-0.1, -0.05) is 51.1 Å². The van der Waals surface area contributed by atoms with E-state index in [4.69, 9.17) is 0 Å². The normalized spacial score (nSPS) is 30.8. The van der Waals surface area contributed by atoms with Crippen molar-refractivity contribution in [2.45, 2.75) is 52.0 Å². The minimum absolute atomic E-state index is 0.591. The Labute approximate surface area is 118 Å². The summed E-state index contributed by atoms with van der Waals surface area (Å²) in [6, 6.07) is 11.6. The SMILES string of the molecule is CNC(C1CC(C)CC(C)C1)C(C)c1ccccc1. The zero-order valence-corrected chi connectivity index (χ0v) is 12.9. The van der Waals surface area contributed by atoms with Crippen LogP contribution < -0.4 is 5.32 Å². The van der Waals surface area contributed by atoms with E-state index in [9.17, 15) is 0 Å². The summed E-state index contributed by atoms with van der Waals surface area (Å²) in [7, 11) is 2.13. The number of nitrogens with one attached hydrogen (secondary N) is 1. The molecule has 0 aromatic heterocycles. The van der Waals surface area contributed by atoms with Crippen molar-refractivity contribution in [1.29, 1.82) is 0 Å². The number of likely N-dealkylation sites (N-methyl/N-ethyl adjacent to an activating group) is 1. The first-order valence-corrected chi connectivity index (χ1v) is 7.84. The van der Waals surface area contributed by atoms with Gasteiger partial charge >= 0.3 is 0 Å². The number of hydrogen-bond donors (Lipinski definition) is 1. The van der Waals surface area contributed by atoms with E-state index >= 15 is 0 Å². The van der Waals surface area contributed by atoms with Gasteiger partial charge in [-0.25, -0.2) is 0 Å².